The number of benzene rings is 2. The van der Waals surface area contributed by atoms with Crippen LogP contribution in [-0.4, -0.2) is 23.6 Å². The largest absolute Gasteiger partial charge is 0.481 e. The van der Waals surface area contributed by atoms with Gasteiger partial charge in [0.15, 0.2) is 0 Å². The Balaban J connectivity index is 1.65. The van der Waals surface area contributed by atoms with Crippen LogP contribution in [0.15, 0.2) is 42.5 Å². The number of fused-ring (bicyclic) bond motifs is 1. The number of carbonyl (C=O) groups excluding carboxylic acids is 1. The Bertz CT molecular complexity index is 806. The molecular formula is C19H18FNO4. The summed E-state index contributed by atoms with van der Waals surface area (Å²) in [5.74, 6) is -2.05. The van der Waals surface area contributed by atoms with E-state index >= 15 is 0 Å². The average Bonchev–Trinajstić information content (AvgIpc) is 2.57. The molecule has 0 radical (unpaired) electrons. The Hall–Kier alpha value is -2.73. The van der Waals surface area contributed by atoms with Crippen molar-refractivity contribution in [3.05, 3.63) is 65.0 Å². The summed E-state index contributed by atoms with van der Waals surface area (Å²) in [5.41, 5.74) is 2.55. The van der Waals surface area contributed by atoms with Crippen LogP contribution in [-0.2, 0) is 27.2 Å². The van der Waals surface area contributed by atoms with E-state index in [1.165, 1.54) is 17.7 Å². The van der Waals surface area contributed by atoms with Crippen molar-refractivity contribution in [2.45, 2.75) is 25.4 Å². The van der Waals surface area contributed by atoms with E-state index in [4.69, 9.17) is 9.84 Å². The maximum atomic E-state index is 13.9. The number of ether oxygens (including phenoxy) is 1. The molecule has 1 unspecified atom stereocenters. The first kappa shape index (κ1) is 17.1. The summed E-state index contributed by atoms with van der Waals surface area (Å²) >= 11 is 0. The fourth-order valence-electron chi connectivity index (χ4n) is 2.96. The number of rotatable bonds is 5. The number of hydrogen-bond donors (Lipinski definition) is 2. The van der Waals surface area contributed by atoms with Crippen LogP contribution in [0.2, 0.25) is 0 Å². The normalized spacial score (nSPS) is 16.1. The predicted molar refractivity (Wildman–Crippen MR) is 89.8 cm³/mol. The van der Waals surface area contributed by atoms with Gasteiger partial charge in [-0.2, -0.15) is 0 Å². The molecule has 0 aromatic heterocycles. The SMILES string of the molecule is O=C(O)Cc1ccc(NC(=O)CC2OCCc3ccccc32)cc1F. The Kier molecular flexibility index (Phi) is 5.09. The number of carboxylic acids is 1. The fraction of sp³-hybridized carbons (Fsp3) is 0.263. The predicted octanol–water partition coefficient (Wildman–Crippen LogP) is 3.10. The minimum atomic E-state index is -1.11. The Labute approximate surface area is 144 Å². The van der Waals surface area contributed by atoms with Crippen molar-refractivity contribution < 1.29 is 23.8 Å². The molecule has 1 aliphatic rings. The van der Waals surface area contributed by atoms with Crippen molar-refractivity contribution in [3.63, 3.8) is 0 Å². The number of carboxylic acid groups (broad SMARTS) is 1. The molecule has 3 rings (SSSR count). The van der Waals surface area contributed by atoms with Crippen molar-refractivity contribution in [1.82, 2.24) is 0 Å². The number of halogens is 1. The standard InChI is InChI=1S/C19H18FNO4/c20-16-10-14(6-5-13(16)9-19(23)24)21-18(22)11-17-15-4-2-1-3-12(15)7-8-25-17/h1-6,10,17H,7-9,11H2,(H,21,22)(H,23,24). The first-order valence-corrected chi connectivity index (χ1v) is 8.02. The van der Waals surface area contributed by atoms with Crippen LogP contribution in [0, 0.1) is 5.82 Å². The van der Waals surface area contributed by atoms with Crippen molar-refractivity contribution in [1.29, 1.82) is 0 Å². The Morgan fingerprint density at radius 3 is 2.80 bits per heavy atom. The number of anilines is 1. The molecular weight excluding hydrogens is 325 g/mol. The fourth-order valence-corrected chi connectivity index (χ4v) is 2.96. The summed E-state index contributed by atoms with van der Waals surface area (Å²) in [6.45, 7) is 0.563. The molecule has 0 fully saturated rings. The minimum Gasteiger partial charge on any atom is -0.481 e. The van der Waals surface area contributed by atoms with Gasteiger partial charge in [-0.15, -0.1) is 0 Å². The molecule has 130 valence electrons. The van der Waals surface area contributed by atoms with Gasteiger partial charge >= 0.3 is 5.97 Å². The van der Waals surface area contributed by atoms with Crippen LogP contribution in [0.4, 0.5) is 10.1 Å². The summed E-state index contributed by atoms with van der Waals surface area (Å²) in [6, 6.07) is 11.8. The van der Waals surface area contributed by atoms with E-state index in [0.29, 0.717) is 12.3 Å². The molecule has 1 amide bonds. The van der Waals surface area contributed by atoms with Gasteiger partial charge in [0.05, 0.1) is 25.6 Å². The minimum absolute atomic E-state index is 0.0787. The lowest BCUT2D eigenvalue weighted by atomic mass is 9.95. The van der Waals surface area contributed by atoms with Gasteiger partial charge in [-0.3, -0.25) is 9.59 Å². The Morgan fingerprint density at radius 2 is 2.04 bits per heavy atom. The molecule has 0 spiro atoms. The van der Waals surface area contributed by atoms with Crippen LogP contribution in [0.25, 0.3) is 0 Å². The van der Waals surface area contributed by atoms with Crippen molar-refractivity contribution in [3.8, 4) is 0 Å². The lowest BCUT2D eigenvalue weighted by Crippen LogP contribution is -2.22. The van der Waals surface area contributed by atoms with E-state index in [1.807, 2.05) is 24.3 Å². The zero-order valence-corrected chi connectivity index (χ0v) is 13.5. The molecule has 5 nitrogen and oxygen atoms in total. The van der Waals surface area contributed by atoms with Crippen LogP contribution in [0.1, 0.15) is 29.2 Å². The van der Waals surface area contributed by atoms with E-state index in [-0.39, 0.29) is 24.0 Å². The molecule has 2 N–H and O–H groups in total. The third-order valence-electron chi connectivity index (χ3n) is 4.14. The second kappa shape index (κ2) is 7.44. The highest BCUT2D eigenvalue weighted by Crippen LogP contribution is 2.29. The van der Waals surface area contributed by atoms with Crippen molar-refractivity contribution >= 4 is 17.6 Å². The molecule has 0 saturated heterocycles. The maximum Gasteiger partial charge on any atom is 0.307 e. The van der Waals surface area contributed by atoms with Gasteiger partial charge in [0.25, 0.3) is 0 Å². The summed E-state index contributed by atoms with van der Waals surface area (Å²) in [4.78, 5) is 22.9. The number of aliphatic carboxylic acids is 1. The van der Waals surface area contributed by atoms with E-state index < -0.39 is 18.2 Å². The van der Waals surface area contributed by atoms with E-state index in [9.17, 15) is 14.0 Å². The first-order chi connectivity index (χ1) is 12.0. The van der Waals surface area contributed by atoms with Crippen LogP contribution >= 0.6 is 0 Å². The molecule has 1 aliphatic heterocycles. The average molecular weight is 343 g/mol. The van der Waals surface area contributed by atoms with E-state index in [0.717, 1.165) is 18.1 Å². The highest BCUT2D eigenvalue weighted by molar-refractivity contribution is 5.91. The van der Waals surface area contributed by atoms with Crippen LogP contribution in [0.3, 0.4) is 0 Å². The summed E-state index contributed by atoms with van der Waals surface area (Å²) < 4.78 is 19.6. The number of nitrogens with one attached hydrogen (secondary N) is 1. The van der Waals surface area contributed by atoms with Crippen LogP contribution in [0.5, 0.6) is 0 Å². The molecule has 1 atom stereocenters. The maximum absolute atomic E-state index is 13.9. The third kappa shape index (κ3) is 4.22. The molecule has 0 bridgehead atoms. The van der Waals surface area contributed by atoms with Gasteiger partial charge in [-0.25, -0.2) is 4.39 Å². The third-order valence-corrected chi connectivity index (χ3v) is 4.14. The van der Waals surface area contributed by atoms with Crippen molar-refractivity contribution in [2.75, 3.05) is 11.9 Å². The Morgan fingerprint density at radius 1 is 1.24 bits per heavy atom. The summed E-state index contributed by atoms with van der Waals surface area (Å²) in [7, 11) is 0. The van der Waals surface area contributed by atoms with Gasteiger partial charge in [0.2, 0.25) is 5.91 Å². The van der Waals surface area contributed by atoms with Gasteiger partial charge < -0.3 is 15.2 Å². The first-order valence-electron chi connectivity index (χ1n) is 8.02. The summed E-state index contributed by atoms with van der Waals surface area (Å²) in [5, 5.41) is 11.4. The highest BCUT2D eigenvalue weighted by atomic mass is 19.1. The van der Waals surface area contributed by atoms with Crippen LogP contribution < -0.4 is 5.32 Å². The zero-order chi connectivity index (χ0) is 17.8. The molecule has 25 heavy (non-hydrogen) atoms. The highest BCUT2D eigenvalue weighted by Gasteiger charge is 2.23. The van der Waals surface area contributed by atoms with E-state index in [2.05, 4.69) is 5.32 Å². The monoisotopic (exact) mass is 343 g/mol. The molecule has 2 aromatic carbocycles. The van der Waals surface area contributed by atoms with Gasteiger partial charge in [0.1, 0.15) is 5.82 Å². The van der Waals surface area contributed by atoms with Gasteiger partial charge in [-0.05, 0) is 35.2 Å². The van der Waals surface area contributed by atoms with E-state index in [1.54, 1.807) is 0 Å². The van der Waals surface area contributed by atoms with Crippen molar-refractivity contribution in [2.24, 2.45) is 0 Å². The number of carbonyl (C=O) groups is 2. The second-order valence-corrected chi connectivity index (χ2v) is 5.94. The quantitative estimate of drug-likeness (QED) is 0.875. The molecule has 1 heterocycles. The van der Waals surface area contributed by atoms with Gasteiger partial charge in [0, 0.05) is 5.69 Å². The molecule has 0 saturated carbocycles. The smallest absolute Gasteiger partial charge is 0.307 e. The number of amides is 1. The topological polar surface area (TPSA) is 75.6 Å². The molecule has 2 aromatic rings. The summed E-state index contributed by atoms with van der Waals surface area (Å²) in [6.07, 6.45) is 0.244. The number of hydrogen-bond acceptors (Lipinski definition) is 3. The lowest BCUT2D eigenvalue weighted by molar-refractivity contribution is -0.136. The molecule has 6 heteroatoms. The molecule has 0 aliphatic carbocycles. The second-order valence-electron chi connectivity index (χ2n) is 5.94. The van der Waals surface area contributed by atoms with Gasteiger partial charge in [-0.1, -0.05) is 30.3 Å². The zero-order valence-electron chi connectivity index (χ0n) is 13.5. The lowest BCUT2D eigenvalue weighted by Gasteiger charge is -2.25.